The molecule has 1 aliphatic rings. The molecule has 1 atom stereocenters. The van der Waals surface area contributed by atoms with Gasteiger partial charge >= 0.3 is 12.1 Å². The Kier molecular flexibility index (Phi) is 6.32. The van der Waals surface area contributed by atoms with Crippen molar-refractivity contribution in [2.75, 3.05) is 11.9 Å². The molecule has 2 aromatic carbocycles. The SMILES string of the molecule is CC(ONC(=O)c1ncccc1NC(=O)OCC1c2ccccc2-c2ccccc21)C(=O)O. The molecule has 0 saturated carbocycles. The molecule has 4 rings (SSSR count). The molecule has 168 valence electrons. The summed E-state index contributed by atoms with van der Waals surface area (Å²) in [5.41, 5.74) is 6.36. The smallest absolute Gasteiger partial charge is 0.411 e. The van der Waals surface area contributed by atoms with E-state index in [4.69, 9.17) is 14.7 Å². The van der Waals surface area contributed by atoms with Crippen LogP contribution in [0, 0.1) is 0 Å². The Hall–Kier alpha value is -4.24. The zero-order chi connectivity index (χ0) is 23.4. The lowest BCUT2D eigenvalue weighted by Gasteiger charge is -2.15. The van der Waals surface area contributed by atoms with Gasteiger partial charge in [0.1, 0.15) is 6.61 Å². The van der Waals surface area contributed by atoms with Crippen LogP contribution in [0.3, 0.4) is 0 Å². The molecule has 0 saturated heterocycles. The van der Waals surface area contributed by atoms with Gasteiger partial charge in [-0.05, 0) is 41.3 Å². The summed E-state index contributed by atoms with van der Waals surface area (Å²) in [5, 5.41) is 11.4. The molecule has 33 heavy (non-hydrogen) atoms. The first kappa shape index (κ1) is 22.0. The van der Waals surface area contributed by atoms with Crippen molar-refractivity contribution in [3.8, 4) is 11.1 Å². The minimum Gasteiger partial charge on any atom is -0.479 e. The average Bonchev–Trinajstić information content (AvgIpc) is 3.15. The molecule has 0 spiro atoms. The van der Waals surface area contributed by atoms with Gasteiger partial charge in [0.2, 0.25) is 0 Å². The van der Waals surface area contributed by atoms with Crippen molar-refractivity contribution in [2.24, 2.45) is 0 Å². The molecule has 3 N–H and O–H groups in total. The van der Waals surface area contributed by atoms with Gasteiger partial charge < -0.3 is 9.84 Å². The number of nitrogens with zero attached hydrogens (tertiary/aromatic N) is 1. The summed E-state index contributed by atoms with van der Waals surface area (Å²) in [7, 11) is 0. The zero-order valence-corrected chi connectivity index (χ0v) is 17.6. The molecule has 1 unspecified atom stereocenters. The summed E-state index contributed by atoms with van der Waals surface area (Å²) in [5.74, 6) is -2.16. The number of carboxylic acids is 1. The van der Waals surface area contributed by atoms with E-state index in [-0.39, 0.29) is 23.9 Å². The Morgan fingerprint density at radius 3 is 2.27 bits per heavy atom. The Balaban J connectivity index is 1.42. The third-order valence-corrected chi connectivity index (χ3v) is 5.28. The highest BCUT2D eigenvalue weighted by atomic mass is 16.7. The lowest BCUT2D eigenvalue weighted by atomic mass is 9.98. The minimum absolute atomic E-state index is 0.0961. The van der Waals surface area contributed by atoms with Crippen molar-refractivity contribution in [1.29, 1.82) is 0 Å². The van der Waals surface area contributed by atoms with Gasteiger partial charge in [-0.2, -0.15) is 0 Å². The number of hydroxylamine groups is 1. The Bertz CT molecular complexity index is 1170. The molecular formula is C24H21N3O6. The van der Waals surface area contributed by atoms with Gasteiger partial charge in [-0.15, -0.1) is 0 Å². The van der Waals surface area contributed by atoms with E-state index in [0.29, 0.717) is 0 Å². The van der Waals surface area contributed by atoms with Crippen LogP contribution in [0.15, 0.2) is 66.9 Å². The van der Waals surface area contributed by atoms with E-state index in [1.54, 1.807) is 0 Å². The molecule has 0 radical (unpaired) electrons. The number of aliphatic carboxylic acids is 1. The topological polar surface area (TPSA) is 127 Å². The Labute approximate surface area is 189 Å². The van der Waals surface area contributed by atoms with Gasteiger partial charge in [0.15, 0.2) is 11.8 Å². The van der Waals surface area contributed by atoms with Crippen LogP contribution in [0.4, 0.5) is 10.5 Å². The lowest BCUT2D eigenvalue weighted by molar-refractivity contribution is -0.152. The number of hydrogen-bond acceptors (Lipinski definition) is 6. The molecule has 0 aliphatic heterocycles. The number of anilines is 1. The second-order valence-electron chi connectivity index (χ2n) is 7.38. The maximum atomic E-state index is 12.5. The van der Waals surface area contributed by atoms with Crippen LogP contribution in [-0.4, -0.2) is 40.8 Å². The van der Waals surface area contributed by atoms with Gasteiger partial charge in [0.05, 0.1) is 5.69 Å². The fourth-order valence-corrected chi connectivity index (χ4v) is 3.67. The largest absolute Gasteiger partial charge is 0.479 e. The monoisotopic (exact) mass is 447 g/mol. The number of aromatic nitrogens is 1. The highest BCUT2D eigenvalue weighted by Gasteiger charge is 2.29. The number of fused-ring (bicyclic) bond motifs is 3. The van der Waals surface area contributed by atoms with E-state index in [0.717, 1.165) is 22.3 Å². The summed E-state index contributed by atoms with van der Waals surface area (Å²) in [6.45, 7) is 1.37. The number of carbonyl (C=O) groups is 3. The molecule has 9 heteroatoms. The molecule has 3 aromatic rings. The normalized spacial score (nSPS) is 12.9. The van der Waals surface area contributed by atoms with Gasteiger partial charge in [0, 0.05) is 12.1 Å². The van der Waals surface area contributed by atoms with Crippen LogP contribution in [0.25, 0.3) is 11.1 Å². The summed E-state index contributed by atoms with van der Waals surface area (Å²) in [6, 6.07) is 19.0. The number of pyridine rings is 1. The highest BCUT2D eigenvalue weighted by molar-refractivity contribution is 6.00. The summed E-state index contributed by atoms with van der Waals surface area (Å²) < 4.78 is 5.49. The minimum atomic E-state index is -1.25. The second-order valence-corrected chi connectivity index (χ2v) is 7.38. The molecule has 1 aliphatic carbocycles. The van der Waals surface area contributed by atoms with Gasteiger partial charge in [0.25, 0.3) is 5.91 Å². The van der Waals surface area contributed by atoms with Crippen molar-refractivity contribution in [3.63, 3.8) is 0 Å². The number of rotatable bonds is 7. The Morgan fingerprint density at radius 2 is 1.64 bits per heavy atom. The first-order chi connectivity index (χ1) is 16.0. The number of nitrogens with one attached hydrogen (secondary N) is 2. The fraction of sp³-hybridized carbons (Fsp3) is 0.167. The van der Waals surface area contributed by atoms with Crippen LogP contribution < -0.4 is 10.8 Å². The van der Waals surface area contributed by atoms with E-state index in [1.165, 1.54) is 25.3 Å². The molecule has 1 heterocycles. The van der Waals surface area contributed by atoms with Crippen LogP contribution in [0.1, 0.15) is 34.5 Å². The molecule has 1 aromatic heterocycles. The van der Waals surface area contributed by atoms with E-state index in [9.17, 15) is 14.4 Å². The van der Waals surface area contributed by atoms with Crippen molar-refractivity contribution < 1.29 is 29.1 Å². The molecule has 9 nitrogen and oxygen atoms in total. The predicted molar refractivity (Wildman–Crippen MR) is 119 cm³/mol. The third kappa shape index (κ3) is 4.68. The summed E-state index contributed by atoms with van der Waals surface area (Å²) in [4.78, 5) is 44.4. The second kappa shape index (κ2) is 9.49. The standard InChI is InChI=1S/C24H21N3O6/c1-14(23(29)30)33-27-22(28)21-20(11-6-12-25-21)26-24(31)32-13-19-17-9-4-2-7-15(17)16-8-3-5-10-18(16)19/h2-12,14,19H,13H2,1H3,(H,26,31)(H,27,28)(H,29,30). The number of benzene rings is 2. The van der Waals surface area contributed by atoms with Gasteiger partial charge in [-0.1, -0.05) is 48.5 Å². The summed E-state index contributed by atoms with van der Waals surface area (Å²) in [6.07, 6.45) is -0.645. The average molecular weight is 447 g/mol. The van der Waals surface area contributed by atoms with E-state index < -0.39 is 24.1 Å². The maximum absolute atomic E-state index is 12.5. The lowest BCUT2D eigenvalue weighted by Crippen LogP contribution is -2.33. The third-order valence-electron chi connectivity index (χ3n) is 5.28. The van der Waals surface area contributed by atoms with Crippen LogP contribution in [0.2, 0.25) is 0 Å². The van der Waals surface area contributed by atoms with E-state index in [2.05, 4.69) is 10.3 Å². The first-order valence-corrected chi connectivity index (χ1v) is 10.2. The van der Waals surface area contributed by atoms with Crippen LogP contribution in [0.5, 0.6) is 0 Å². The van der Waals surface area contributed by atoms with Crippen molar-refractivity contribution in [1.82, 2.24) is 10.5 Å². The number of hydrogen-bond donors (Lipinski definition) is 3. The van der Waals surface area contributed by atoms with Crippen molar-refractivity contribution in [3.05, 3.63) is 83.7 Å². The highest BCUT2D eigenvalue weighted by Crippen LogP contribution is 2.44. The maximum Gasteiger partial charge on any atom is 0.411 e. The first-order valence-electron chi connectivity index (χ1n) is 10.2. The van der Waals surface area contributed by atoms with Crippen LogP contribution in [-0.2, 0) is 14.4 Å². The number of carboxylic acid groups (broad SMARTS) is 1. The Morgan fingerprint density at radius 1 is 1.00 bits per heavy atom. The number of carbonyl (C=O) groups excluding carboxylic acids is 2. The molecular weight excluding hydrogens is 426 g/mol. The number of ether oxygens (including phenoxy) is 1. The quantitative estimate of drug-likeness (QED) is 0.473. The predicted octanol–water partition coefficient (Wildman–Crippen LogP) is 3.58. The number of amides is 2. The van der Waals surface area contributed by atoms with Crippen molar-refractivity contribution in [2.45, 2.75) is 18.9 Å². The van der Waals surface area contributed by atoms with Crippen molar-refractivity contribution >= 4 is 23.7 Å². The molecule has 0 bridgehead atoms. The van der Waals surface area contributed by atoms with Crippen LogP contribution >= 0.6 is 0 Å². The zero-order valence-electron chi connectivity index (χ0n) is 17.6. The van der Waals surface area contributed by atoms with E-state index >= 15 is 0 Å². The fourth-order valence-electron chi connectivity index (χ4n) is 3.67. The van der Waals surface area contributed by atoms with Gasteiger partial charge in [-0.25, -0.2) is 20.1 Å². The van der Waals surface area contributed by atoms with Gasteiger partial charge in [-0.3, -0.25) is 14.9 Å². The molecule has 0 fully saturated rings. The molecule has 2 amide bonds. The van der Waals surface area contributed by atoms with E-state index in [1.807, 2.05) is 54.0 Å². The summed E-state index contributed by atoms with van der Waals surface area (Å²) >= 11 is 0.